The number of hydrogen-bond acceptors (Lipinski definition) is 6. The Bertz CT molecular complexity index is 520. The molecule has 0 saturated heterocycles. The van der Waals surface area contributed by atoms with E-state index in [0.29, 0.717) is 0 Å². The molecule has 1 aromatic carbocycles. The van der Waals surface area contributed by atoms with Gasteiger partial charge in [-0.05, 0) is 24.3 Å². The van der Waals surface area contributed by atoms with E-state index in [4.69, 9.17) is 0 Å². The van der Waals surface area contributed by atoms with Gasteiger partial charge in [0.1, 0.15) is 0 Å². The SMILES string of the molecule is C.C.C=C.C=CC(=O)OOC(=O)C(=O)c1ccc(N(C)C)cc1. The second-order valence-corrected chi connectivity index (χ2v) is 3.75. The first-order chi connectivity index (χ1) is 9.95. The summed E-state index contributed by atoms with van der Waals surface area (Å²) >= 11 is 0. The van der Waals surface area contributed by atoms with E-state index < -0.39 is 17.7 Å². The van der Waals surface area contributed by atoms with E-state index in [0.717, 1.165) is 11.8 Å². The van der Waals surface area contributed by atoms with E-state index in [1.54, 1.807) is 12.1 Å². The van der Waals surface area contributed by atoms with Gasteiger partial charge in [0.05, 0.1) is 0 Å². The molecule has 1 rings (SSSR count). The van der Waals surface area contributed by atoms with Gasteiger partial charge in [-0.3, -0.25) is 4.79 Å². The van der Waals surface area contributed by atoms with Gasteiger partial charge in [0.25, 0.3) is 5.78 Å². The molecule has 0 unspecified atom stereocenters. The van der Waals surface area contributed by atoms with Crippen molar-refractivity contribution in [2.24, 2.45) is 0 Å². The smallest absolute Gasteiger partial charge is 0.378 e. The van der Waals surface area contributed by atoms with Gasteiger partial charge in [-0.25, -0.2) is 19.4 Å². The summed E-state index contributed by atoms with van der Waals surface area (Å²) in [7, 11) is 3.69. The molecule has 0 fully saturated rings. The Morgan fingerprint density at radius 1 is 1.00 bits per heavy atom. The fourth-order valence-corrected chi connectivity index (χ4v) is 1.18. The molecule has 0 saturated carbocycles. The lowest BCUT2D eigenvalue weighted by molar-refractivity contribution is -0.249. The van der Waals surface area contributed by atoms with E-state index in [1.807, 2.05) is 19.0 Å². The summed E-state index contributed by atoms with van der Waals surface area (Å²) in [5.74, 6) is -3.13. The third kappa shape index (κ3) is 8.21. The van der Waals surface area contributed by atoms with Gasteiger partial charge in [-0.2, -0.15) is 0 Å². The summed E-state index contributed by atoms with van der Waals surface area (Å²) in [4.78, 5) is 43.5. The first-order valence-electron chi connectivity index (χ1n) is 5.82. The molecule has 0 atom stereocenters. The van der Waals surface area contributed by atoms with Crippen molar-refractivity contribution in [2.45, 2.75) is 14.9 Å². The van der Waals surface area contributed by atoms with Crippen molar-refractivity contribution in [1.82, 2.24) is 0 Å². The van der Waals surface area contributed by atoms with Crippen molar-refractivity contribution in [3.8, 4) is 0 Å². The highest BCUT2D eigenvalue weighted by Crippen LogP contribution is 2.13. The van der Waals surface area contributed by atoms with Gasteiger partial charge < -0.3 is 4.90 Å². The Labute approximate surface area is 137 Å². The van der Waals surface area contributed by atoms with E-state index in [1.165, 1.54) is 12.1 Å². The molecule has 0 radical (unpaired) electrons. The molecule has 0 aromatic heterocycles. The van der Waals surface area contributed by atoms with Crippen LogP contribution in [0.5, 0.6) is 0 Å². The summed E-state index contributed by atoms with van der Waals surface area (Å²) in [6, 6.07) is 6.31. The second-order valence-electron chi connectivity index (χ2n) is 3.75. The molecule has 0 heterocycles. The summed E-state index contributed by atoms with van der Waals surface area (Å²) in [5.41, 5.74) is 1.02. The molecule has 0 spiro atoms. The quantitative estimate of drug-likeness (QED) is 0.212. The number of hydrogen-bond donors (Lipinski definition) is 0. The first kappa shape index (κ1) is 25.1. The number of benzene rings is 1. The maximum Gasteiger partial charge on any atom is 0.426 e. The molecule has 1 aromatic rings. The zero-order valence-corrected chi connectivity index (χ0v) is 12.0. The molecular formula is C17H25NO5. The number of ketones is 1. The van der Waals surface area contributed by atoms with Crippen LogP contribution in [0.25, 0.3) is 0 Å². The van der Waals surface area contributed by atoms with Crippen LogP contribution in [0, 0.1) is 0 Å². The first-order valence-corrected chi connectivity index (χ1v) is 5.82. The lowest BCUT2D eigenvalue weighted by atomic mass is 10.1. The van der Waals surface area contributed by atoms with Gasteiger partial charge in [-0.15, -0.1) is 13.2 Å². The predicted octanol–water partition coefficient (Wildman–Crippen LogP) is 3.20. The minimum atomic E-state index is -1.27. The van der Waals surface area contributed by atoms with E-state index in [-0.39, 0.29) is 20.4 Å². The Hall–Kier alpha value is -2.89. The molecule has 6 nitrogen and oxygen atoms in total. The zero-order valence-electron chi connectivity index (χ0n) is 12.0. The van der Waals surface area contributed by atoms with Crippen LogP contribution >= 0.6 is 0 Å². The van der Waals surface area contributed by atoms with Crippen LogP contribution < -0.4 is 4.90 Å². The highest BCUT2D eigenvalue weighted by atomic mass is 17.2. The minimum Gasteiger partial charge on any atom is -0.378 e. The lowest BCUT2D eigenvalue weighted by Crippen LogP contribution is -2.19. The van der Waals surface area contributed by atoms with Crippen molar-refractivity contribution < 1.29 is 24.2 Å². The average Bonchev–Trinajstić information content (AvgIpc) is 2.53. The van der Waals surface area contributed by atoms with Crippen molar-refractivity contribution in [3.63, 3.8) is 0 Å². The highest BCUT2D eigenvalue weighted by Gasteiger charge is 2.20. The van der Waals surface area contributed by atoms with E-state index in [9.17, 15) is 14.4 Å². The molecule has 0 aliphatic carbocycles. The van der Waals surface area contributed by atoms with Crippen LogP contribution in [0.15, 0.2) is 50.1 Å². The van der Waals surface area contributed by atoms with Crippen LogP contribution in [-0.2, 0) is 19.4 Å². The average molecular weight is 323 g/mol. The summed E-state index contributed by atoms with van der Waals surface area (Å²) in [6.07, 6.45) is 0.809. The van der Waals surface area contributed by atoms with Crippen LogP contribution in [-0.4, -0.2) is 31.8 Å². The van der Waals surface area contributed by atoms with Crippen LogP contribution in [0.1, 0.15) is 25.2 Å². The summed E-state index contributed by atoms with van der Waals surface area (Å²) in [5, 5.41) is 0. The number of nitrogens with zero attached hydrogens (tertiary/aromatic N) is 1. The van der Waals surface area contributed by atoms with Gasteiger partial charge in [0, 0.05) is 31.4 Å². The second kappa shape index (κ2) is 12.8. The Kier molecular flexibility index (Phi) is 14.0. The maximum absolute atomic E-state index is 11.6. The van der Waals surface area contributed by atoms with Gasteiger partial charge in [0.2, 0.25) is 0 Å². The number of carbonyl (C=O) groups is 3. The van der Waals surface area contributed by atoms with E-state index >= 15 is 0 Å². The minimum absolute atomic E-state index is 0. The van der Waals surface area contributed by atoms with Crippen molar-refractivity contribution >= 4 is 23.4 Å². The van der Waals surface area contributed by atoms with Crippen molar-refractivity contribution in [3.05, 3.63) is 55.6 Å². The lowest BCUT2D eigenvalue weighted by Gasteiger charge is -2.11. The molecule has 6 heteroatoms. The normalized spacial score (nSPS) is 7.91. The van der Waals surface area contributed by atoms with Crippen LogP contribution in [0.4, 0.5) is 5.69 Å². The van der Waals surface area contributed by atoms with Crippen molar-refractivity contribution in [2.75, 3.05) is 19.0 Å². The molecule has 0 bridgehead atoms. The number of Topliss-reactive ketones (excluding diaryl/α,β-unsaturated/α-hetero) is 1. The summed E-state index contributed by atoms with van der Waals surface area (Å²) < 4.78 is 0. The van der Waals surface area contributed by atoms with E-state index in [2.05, 4.69) is 29.5 Å². The molecule has 0 aliphatic rings. The topological polar surface area (TPSA) is 72.9 Å². The van der Waals surface area contributed by atoms with Crippen molar-refractivity contribution in [1.29, 1.82) is 0 Å². The van der Waals surface area contributed by atoms with Gasteiger partial charge in [0.15, 0.2) is 0 Å². The molecule has 0 amide bonds. The standard InChI is InChI=1S/C13H13NO5.C2H4.2CH4/c1-4-11(15)18-19-13(17)12(16)9-5-7-10(8-6-9)14(2)3;1-2;;/h4-8H,1H2,2-3H3;1-2H2;2*1H4. The number of carbonyl (C=O) groups excluding carboxylic acids is 3. The third-order valence-electron chi connectivity index (χ3n) is 2.20. The summed E-state index contributed by atoms with van der Waals surface area (Å²) in [6.45, 7) is 9.11. The molecular weight excluding hydrogens is 298 g/mol. The Balaban J connectivity index is -0.000000960. The monoisotopic (exact) mass is 323 g/mol. The number of anilines is 1. The molecule has 0 N–H and O–H groups in total. The number of rotatable bonds is 4. The largest absolute Gasteiger partial charge is 0.426 e. The fraction of sp³-hybridized carbons (Fsp3) is 0.235. The third-order valence-corrected chi connectivity index (χ3v) is 2.20. The molecule has 128 valence electrons. The molecule has 23 heavy (non-hydrogen) atoms. The maximum atomic E-state index is 11.6. The fourth-order valence-electron chi connectivity index (χ4n) is 1.18. The molecule has 0 aliphatic heterocycles. The highest BCUT2D eigenvalue weighted by molar-refractivity contribution is 6.40. The van der Waals surface area contributed by atoms with Gasteiger partial charge in [-0.1, -0.05) is 21.4 Å². The zero-order chi connectivity index (χ0) is 16.4. The van der Waals surface area contributed by atoms with Crippen LogP contribution in [0.3, 0.4) is 0 Å². The van der Waals surface area contributed by atoms with Gasteiger partial charge >= 0.3 is 11.9 Å². The Morgan fingerprint density at radius 3 is 1.87 bits per heavy atom. The Morgan fingerprint density at radius 2 is 1.48 bits per heavy atom. The predicted molar refractivity (Wildman–Crippen MR) is 92.2 cm³/mol. The van der Waals surface area contributed by atoms with Crippen LogP contribution in [0.2, 0.25) is 0 Å².